The molecule has 3 amide bonds. The summed E-state index contributed by atoms with van der Waals surface area (Å²) in [4.78, 5) is 50.8. The summed E-state index contributed by atoms with van der Waals surface area (Å²) in [6, 6.07) is -5.27. The van der Waals surface area contributed by atoms with Gasteiger partial charge < -0.3 is 160 Å². The Kier molecular flexibility index (Phi) is 23.4. The number of carbonyl (C=O) groups excluding carboxylic acids is 3. The Morgan fingerprint density at radius 2 is 1.01 bits per heavy atom. The van der Waals surface area contributed by atoms with E-state index < -0.39 is 253 Å². The minimum absolute atomic E-state index is 0.808. The molecule has 21 N–H and O–H groups in total. The van der Waals surface area contributed by atoms with Crippen LogP contribution in [0.3, 0.4) is 0 Å². The fourth-order valence-electron chi connectivity index (χ4n) is 10.3. The van der Waals surface area contributed by atoms with Gasteiger partial charge in [-0.1, -0.05) is 0 Å². The van der Waals surface area contributed by atoms with Gasteiger partial charge in [-0.2, -0.15) is 0 Å². The van der Waals surface area contributed by atoms with Gasteiger partial charge in [0.1, 0.15) is 134 Å². The zero-order valence-corrected chi connectivity index (χ0v) is 43.7. The number of ether oxygens (including phenoxy) is 11. The molecule has 6 rings (SSSR count). The number of rotatable bonds is 21. The molecule has 6 fully saturated rings. The Hall–Kier alpha value is -3.24. The molecule has 0 aromatic rings. The lowest BCUT2D eigenvalue weighted by Crippen LogP contribution is -2.72. The van der Waals surface area contributed by atoms with E-state index in [1.54, 1.807) is 0 Å². The lowest BCUT2D eigenvalue weighted by molar-refractivity contribution is -0.391. The number of carboxylic acids is 1. The molecule has 0 aromatic heterocycles. The van der Waals surface area contributed by atoms with Gasteiger partial charge in [-0.3, -0.25) is 14.4 Å². The first-order chi connectivity index (χ1) is 38.0. The molecule has 0 spiro atoms. The van der Waals surface area contributed by atoms with E-state index >= 15 is 0 Å². The van der Waals surface area contributed by atoms with Gasteiger partial charge in [0.2, 0.25) is 17.7 Å². The standard InChI is InChI=1S/C45H75N3O33/c1-11-24(58)29(63)31(65)41(72-11)77-34-19(9-52)76-40(71-10-20-28(62)35(22(39(68)73-20)47-13(3)54)78-42-32(66)30(64)26(60)17(7-50)74-42)23(48-14(4)55)37(34)79-43-33(67)38(27(61)18(8-51)75-43)81-45(44(69)70)5-15(56)21(46-12(2)53)36(80-45)25(59)16(57)6-49/h11,15-43,49-52,56-68H,5-10H2,1-4H3,(H,46,53)(H,47,54)(H,48,55)(H,69,70)/t11-,15-,16+,17+,18+,19+,20+,21+,22+,23+,24+,25+,26-,27-,28-,29+,30-,31-,32+,33+,34+,35+,36+,37+,38-,39-,40+,41-,42-,43-,45-/m0/s1. The van der Waals surface area contributed by atoms with E-state index in [1.165, 1.54) is 6.92 Å². The van der Waals surface area contributed by atoms with Crippen LogP contribution >= 0.6 is 0 Å². The number of aliphatic hydroxyl groups is 17. The summed E-state index contributed by atoms with van der Waals surface area (Å²) >= 11 is 0. The van der Waals surface area contributed by atoms with Crippen LogP contribution in [0.5, 0.6) is 0 Å². The Bertz CT molecular complexity index is 2070. The highest BCUT2D eigenvalue weighted by Gasteiger charge is 2.61. The van der Waals surface area contributed by atoms with Gasteiger partial charge in [-0.25, -0.2) is 4.79 Å². The molecule has 81 heavy (non-hydrogen) atoms. The Morgan fingerprint density at radius 3 is 1.57 bits per heavy atom. The zero-order chi connectivity index (χ0) is 60.3. The first kappa shape index (κ1) is 66.9. The SMILES string of the molecule is CC(=O)N[C@@H]1[C@@H](O[C@@H]2O[C@H](CO)[C@H](O)[C@H](O)[C@H]2O)[C@@H](O)[C@@H](CO[C@@H]2O[C@H](CO)[C@@H](O[C@@H]3O[C@@H](C)[C@@H](O)[C@@H](O)[C@@H]3O)[C@H](O[C@@H]3O[C@H](CO)[C@H](O)[C@H](O[C@]4(C(=O)O)C[C@H](O)[C@@H](NC(C)=O)[C@H]([C@H](O)[C@H](O)CO)O4)[C@H]3O)[C@H]2NC(C)=O)O[C@@H]1O. The second kappa shape index (κ2) is 28.3. The summed E-state index contributed by atoms with van der Waals surface area (Å²) in [6.45, 7) is -1.08. The van der Waals surface area contributed by atoms with Crippen molar-refractivity contribution in [2.45, 2.75) is 224 Å². The van der Waals surface area contributed by atoms with Crippen LogP contribution in [-0.4, -0.2) is 338 Å². The van der Waals surface area contributed by atoms with Crippen LogP contribution in [0.4, 0.5) is 0 Å². The van der Waals surface area contributed by atoms with Crippen LogP contribution in [0, 0.1) is 0 Å². The van der Waals surface area contributed by atoms with Gasteiger partial charge in [0, 0.05) is 27.2 Å². The van der Waals surface area contributed by atoms with Crippen molar-refractivity contribution >= 4 is 23.7 Å². The lowest BCUT2D eigenvalue weighted by Gasteiger charge is -2.52. The van der Waals surface area contributed by atoms with Gasteiger partial charge in [-0.05, 0) is 6.92 Å². The molecule has 31 atom stereocenters. The van der Waals surface area contributed by atoms with E-state index in [-0.39, 0.29) is 0 Å². The van der Waals surface area contributed by atoms with E-state index in [1.807, 2.05) is 0 Å². The van der Waals surface area contributed by atoms with E-state index in [0.717, 1.165) is 20.8 Å². The normalized spacial score (nSPS) is 46.7. The molecule has 0 bridgehead atoms. The predicted octanol–water partition coefficient (Wildman–Crippen LogP) is -13.4. The number of carbonyl (C=O) groups is 4. The molecule has 6 aliphatic heterocycles. The van der Waals surface area contributed by atoms with Crippen LogP contribution in [-0.2, 0) is 71.3 Å². The van der Waals surface area contributed by atoms with Gasteiger partial charge in [0.25, 0.3) is 5.79 Å². The molecule has 468 valence electrons. The molecule has 0 aromatic carbocycles. The van der Waals surface area contributed by atoms with Crippen molar-refractivity contribution in [1.82, 2.24) is 16.0 Å². The largest absolute Gasteiger partial charge is 0.477 e. The molecule has 36 heteroatoms. The van der Waals surface area contributed by atoms with Crippen LogP contribution in [0.2, 0.25) is 0 Å². The second-order valence-corrected chi connectivity index (χ2v) is 20.4. The third-order valence-corrected chi connectivity index (χ3v) is 14.5. The maximum absolute atomic E-state index is 13.2. The maximum Gasteiger partial charge on any atom is 0.364 e. The Balaban J connectivity index is 1.36. The van der Waals surface area contributed by atoms with Crippen LogP contribution in [0.15, 0.2) is 0 Å². The quantitative estimate of drug-likeness (QED) is 0.0507. The number of nitrogens with one attached hydrogen (secondary N) is 3. The van der Waals surface area contributed by atoms with Gasteiger partial charge >= 0.3 is 5.97 Å². The Morgan fingerprint density at radius 1 is 0.531 bits per heavy atom. The summed E-state index contributed by atoms with van der Waals surface area (Å²) in [5, 5.41) is 201. The predicted molar refractivity (Wildman–Crippen MR) is 250 cm³/mol. The Labute approximate surface area is 459 Å². The van der Waals surface area contributed by atoms with Gasteiger partial charge in [-0.15, -0.1) is 0 Å². The molecule has 0 unspecified atom stereocenters. The number of hydrogen-bond acceptors (Lipinski definition) is 32. The zero-order valence-electron chi connectivity index (χ0n) is 43.7. The van der Waals surface area contributed by atoms with Crippen LogP contribution < -0.4 is 16.0 Å². The molecule has 36 nitrogen and oxygen atoms in total. The maximum atomic E-state index is 13.2. The highest BCUT2D eigenvalue weighted by Crippen LogP contribution is 2.40. The third-order valence-electron chi connectivity index (χ3n) is 14.5. The average molecular weight is 1190 g/mol. The number of amides is 3. The number of hydrogen-bond donors (Lipinski definition) is 21. The number of aliphatic carboxylic acids is 1. The van der Waals surface area contributed by atoms with Crippen molar-refractivity contribution in [3.63, 3.8) is 0 Å². The lowest BCUT2D eigenvalue weighted by atomic mass is 9.88. The molecular formula is C45H75N3O33. The van der Waals surface area contributed by atoms with Gasteiger partial charge in [0.05, 0.1) is 51.3 Å². The molecular weight excluding hydrogens is 1110 g/mol. The second-order valence-electron chi connectivity index (χ2n) is 20.4. The minimum Gasteiger partial charge on any atom is -0.477 e. The summed E-state index contributed by atoms with van der Waals surface area (Å²) in [5.41, 5.74) is 0. The average Bonchev–Trinajstić information content (AvgIpc) is 3.58. The minimum atomic E-state index is -3.26. The van der Waals surface area contributed by atoms with Crippen molar-refractivity contribution < 1.29 is 163 Å². The molecule has 0 aliphatic carbocycles. The van der Waals surface area contributed by atoms with Crippen molar-refractivity contribution in [2.75, 3.05) is 33.0 Å². The monoisotopic (exact) mass is 1190 g/mol. The molecule has 6 aliphatic rings. The summed E-state index contributed by atoms with van der Waals surface area (Å²) in [5.74, 6) is -7.96. The molecule has 6 saturated heterocycles. The molecule has 0 saturated carbocycles. The van der Waals surface area contributed by atoms with E-state index in [4.69, 9.17) is 52.1 Å². The van der Waals surface area contributed by atoms with Crippen molar-refractivity contribution in [3.8, 4) is 0 Å². The molecule has 6 heterocycles. The van der Waals surface area contributed by atoms with Crippen molar-refractivity contribution in [2.24, 2.45) is 0 Å². The van der Waals surface area contributed by atoms with Crippen molar-refractivity contribution in [3.05, 3.63) is 0 Å². The highest BCUT2D eigenvalue weighted by molar-refractivity contribution is 5.77. The van der Waals surface area contributed by atoms with E-state index in [9.17, 15) is 111 Å². The summed E-state index contributed by atoms with van der Waals surface area (Å²) < 4.78 is 64.2. The highest BCUT2D eigenvalue weighted by atomic mass is 16.8. The third kappa shape index (κ3) is 14.7. The topological polar surface area (TPSA) is 570 Å². The fourth-order valence-corrected chi connectivity index (χ4v) is 10.3. The van der Waals surface area contributed by atoms with Crippen LogP contribution in [0.1, 0.15) is 34.1 Å². The fraction of sp³-hybridized carbons (Fsp3) is 0.911. The smallest absolute Gasteiger partial charge is 0.364 e. The number of carboxylic acid groups (broad SMARTS) is 1. The summed E-state index contributed by atoms with van der Waals surface area (Å²) in [7, 11) is 0. The van der Waals surface area contributed by atoms with Crippen molar-refractivity contribution in [1.29, 1.82) is 0 Å². The molecule has 0 radical (unpaired) electrons. The first-order valence-corrected chi connectivity index (χ1v) is 25.6. The van der Waals surface area contributed by atoms with Crippen LogP contribution in [0.25, 0.3) is 0 Å². The summed E-state index contributed by atoms with van der Waals surface area (Å²) in [6.07, 6.45) is -55.1. The van der Waals surface area contributed by atoms with E-state index in [2.05, 4.69) is 16.0 Å². The number of aliphatic hydroxyl groups excluding tert-OH is 17. The first-order valence-electron chi connectivity index (χ1n) is 25.6. The van der Waals surface area contributed by atoms with Gasteiger partial charge in [0.15, 0.2) is 31.5 Å². The van der Waals surface area contributed by atoms with E-state index in [0.29, 0.717) is 0 Å².